The van der Waals surface area contributed by atoms with Crippen LogP contribution in [0.4, 0.5) is 0 Å². The second-order valence-electron chi connectivity index (χ2n) is 6.10. The van der Waals surface area contributed by atoms with Gasteiger partial charge in [-0.15, -0.1) is 0 Å². The van der Waals surface area contributed by atoms with Crippen LogP contribution in [0.2, 0.25) is 0 Å². The Balaban J connectivity index is 1.40. The number of ether oxygens (including phenoxy) is 2. The van der Waals surface area contributed by atoms with E-state index in [1.165, 1.54) is 0 Å². The Morgan fingerprint density at radius 2 is 2.21 bits per heavy atom. The minimum Gasteiger partial charge on any atom is -0.454 e. The molecule has 2 aliphatic heterocycles. The van der Waals surface area contributed by atoms with Crippen molar-refractivity contribution in [2.24, 2.45) is 0 Å². The third-order valence-electron chi connectivity index (χ3n) is 4.48. The highest BCUT2D eigenvalue weighted by Gasteiger charge is 2.32. The molecule has 0 N–H and O–H groups in total. The standard InChI is InChI=1S/C17H19N3O4/c1-11-18-17(19-24-11)13-3-2-8-20(13)16(21)7-5-12-4-6-14-15(9-12)23-10-22-14/h4,6,9,13H,2-3,5,7-8,10H2,1H3. The Morgan fingerprint density at radius 3 is 3.04 bits per heavy atom. The van der Waals surface area contributed by atoms with Gasteiger partial charge in [0.25, 0.3) is 0 Å². The van der Waals surface area contributed by atoms with Crippen LogP contribution in [-0.2, 0) is 11.2 Å². The molecule has 7 nitrogen and oxygen atoms in total. The van der Waals surface area contributed by atoms with Crippen molar-refractivity contribution in [3.63, 3.8) is 0 Å². The number of amides is 1. The SMILES string of the molecule is Cc1nc(C2CCCN2C(=O)CCc2ccc3c(c2)OCO3)no1. The molecule has 0 spiro atoms. The molecule has 1 aromatic heterocycles. The molecule has 2 aliphatic rings. The van der Waals surface area contributed by atoms with Crippen LogP contribution in [0, 0.1) is 6.92 Å². The maximum absolute atomic E-state index is 12.6. The highest BCUT2D eigenvalue weighted by Crippen LogP contribution is 2.34. The summed E-state index contributed by atoms with van der Waals surface area (Å²) in [7, 11) is 0. The van der Waals surface area contributed by atoms with Crippen molar-refractivity contribution in [1.29, 1.82) is 0 Å². The van der Waals surface area contributed by atoms with E-state index in [2.05, 4.69) is 10.1 Å². The van der Waals surface area contributed by atoms with Gasteiger partial charge in [0.05, 0.1) is 6.04 Å². The fourth-order valence-corrected chi connectivity index (χ4v) is 3.28. The molecular formula is C17H19N3O4. The average Bonchev–Trinajstić information content (AvgIpc) is 3.31. The normalized spacial score (nSPS) is 19.0. The Morgan fingerprint density at radius 1 is 1.33 bits per heavy atom. The lowest BCUT2D eigenvalue weighted by Gasteiger charge is -2.22. The van der Waals surface area contributed by atoms with Gasteiger partial charge in [0.2, 0.25) is 18.6 Å². The number of carbonyl (C=O) groups is 1. The number of hydrogen-bond acceptors (Lipinski definition) is 6. The first-order valence-corrected chi connectivity index (χ1v) is 8.19. The summed E-state index contributed by atoms with van der Waals surface area (Å²) in [6.07, 6.45) is 2.97. The molecule has 3 heterocycles. The van der Waals surface area contributed by atoms with Crippen molar-refractivity contribution >= 4 is 5.91 Å². The van der Waals surface area contributed by atoms with E-state index in [-0.39, 0.29) is 18.7 Å². The summed E-state index contributed by atoms with van der Waals surface area (Å²) in [6.45, 7) is 2.77. The number of fused-ring (bicyclic) bond motifs is 1. The Bertz CT molecular complexity index is 758. The summed E-state index contributed by atoms with van der Waals surface area (Å²) in [5.41, 5.74) is 1.07. The summed E-state index contributed by atoms with van der Waals surface area (Å²) < 4.78 is 15.7. The van der Waals surface area contributed by atoms with Crippen molar-refractivity contribution in [2.45, 2.75) is 38.6 Å². The van der Waals surface area contributed by atoms with Crippen LogP contribution >= 0.6 is 0 Å². The first-order chi connectivity index (χ1) is 11.7. The van der Waals surface area contributed by atoms with Crippen molar-refractivity contribution in [1.82, 2.24) is 15.0 Å². The predicted octanol–water partition coefficient (Wildman–Crippen LogP) is 2.40. The maximum Gasteiger partial charge on any atom is 0.231 e. The number of benzene rings is 1. The summed E-state index contributed by atoms with van der Waals surface area (Å²) in [6, 6.07) is 5.75. The van der Waals surface area contributed by atoms with Gasteiger partial charge in [-0.2, -0.15) is 4.98 Å². The monoisotopic (exact) mass is 329 g/mol. The first-order valence-electron chi connectivity index (χ1n) is 8.19. The molecule has 1 saturated heterocycles. The lowest BCUT2D eigenvalue weighted by Crippen LogP contribution is -2.31. The predicted molar refractivity (Wildman–Crippen MR) is 83.6 cm³/mol. The average molecular weight is 329 g/mol. The van der Waals surface area contributed by atoms with Crippen LogP contribution in [0.25, 0.3) is 0 Å². The van der Waals surface area contributed by atoms with Crippen molar-refractivity contribution in [3.05, 3.63) is 35.5 Å². The van der Waals surface area contributed by atoms with Gasteiger partial charge in [-0.05, 0) is 37.0 Å². The van der Waals surface area contributed by atoms with E-state index in [4.69, 9.17) is 14.0 Å². The van der Waals surface area contributed by atoms with Crippen LogP contribution in [0.15, 0.2) is 22.7 Å². The van der Waals surface area contributed by atoms with Gasteiger partial charge in [-0.25, -0.2) is 0 Å². The molecular weight excluding hydrogens is 310 g/mol. The molecule has 0 aliphatic carbocycles. The molecule has 7 heteroatoms. The van der Waals surface area contributed by atoms with E-state index in [0.717, 1.165) is 36.4 Å². The largest absolute Gasteiger partial charge is 0.454 e. The molecule has 2 aromatic rings. The molecule has 1 aromatic carbocycles. The topological polar surface area (TPSA) is 77.7 Å². The fourth-order valence-electron chi connectivity index (χ4n) is 3.28. The molecule has 1 fully saturated rings. The number of likely N-dealkylation sites (tertiary alicyclic amines) is 1. The molecule has 24 heavy (non-hydrogen) atoms. The smallest absolute Gasteiger partial charge is 0.231 e. The van der Waals surface area contributed by atoms with Crippen molar-refractivity contribution in [3.8, 4) is 11.5 Å². The number of nitrogens with zero attached hydrogens (tertiary/aromatic N) is 3. The van der Waals surface area contributed by atoms with Crippen molar-refractivity contribution in [2.75, 3.05) is 13.3 Å². The molecule has 126 valence electrons. The van der Waals surface area contributed by atoms with Gasteiger partial charge in [-0.1, -0.05) is 11.2 Å². The van der Waals surface area contributed by atoms with Crippen LogP contribution in [-0.4, -0.2) is 34.3 Å². The number of aromatic nitrogens is 2. The van der Waals surface area contributed by atoms with Gasteiger partial charge >= 0.3 is 0 Å². The minimum absolute atomic E-state index is 0.0632. The highest BCUT2D eigenvalue weighted by atomic mass is 16.7. The van der Waals surface area contributed by atoms with Crippen LogP contribution in [0.3, 0.4) is 0 Å². The molecule has 1 amide bonds. The fraction of sp³-hybridized carbons (Fsp3) is 0.471. The van der Waals surface area contributed by atoms with Crippen LogP contribution in [0.1, 0.15) is 42.6 Å². The second-order valence-corrected chi connectivity index (χ2v) is 6.10. The number of carbonyl (C=O) groups excluding carboxylic acids is 1. The number of hydrogen-bond donors (Lipinski definition) is 0. The Kier molecular flexibility index (Phi) is 3.84. The quantitative estimate of drug-likeness (QED) is 0.857. The number of aryl methyl sites for hydroxylation is 2. The summed E-state index contributed by atoms with van der Waals surface area (Å²) in [4.78, 5) is 18.8. The van der Waals surface area contributed by atoms with E-state index in [1.54, 1.807) is 6.92 Å². The molecule has 1 atom stereocenters. The zero-order valence-corrected chi connectivity index (χ0v) is 13.5. The molecule has 1 unspecified atom stereocenters. The zero-order chi connectivity index (χ0) is 16.5. The van der Waals surface area contributed by atoms with Gasteiger partial charge in [-0.3, -0.25) is 4.79 Å². The lowest BCUT2D eigenvalue weighted by atomic mass is 10.1. The van der Waals surface area contributed by atoms with Crippen LogP contribution < -0.4 is 9.47 Å². The van der Waals surface area contributed by atoms with Crippen molar-refractivity contribution < 1.29 is 18.8 Å². The molecule has 0 saturated carbocycles. The summed E-state index contributed by atoms with van der Waals surface area (Å²) in [5.74, 6) is 2.78. The van der Waals surface area contributed by atoms with Gasteiger partial charge < -0.3 is 18.9 Å². The lowest BCUT2D eigenvalue weighted by molar-refractivity contribution is -0.132. The summed E-state index contributed by atoms with van der Waals surface area (Å²) >= 11 is 0. The Labute approximate surface area is 139 Å². The van der Waals surface area contributed by atoms with Gasteiger partial charge in [0.15, 0.2) is 17.3 Å². The molecule has 4 rings (SSSR count). The maximum atomic E-state index is 12.6. The molecule has 0 bridgehead atoms. The van der Waals surface area contributed by atoms with E-state index in [0.29, 0.717) is 24.6 Å². The van der Waals surface area contributed by atoms with Crippen LogP contribution in [0.5, 0.6) is 11.5 Å². The number of rotatable bonds is 4. The zero-order valence-electron chi connectivity index (χ0n) is 13.5. The van der Waals surface area contributed by atoms with Gasteiger partial charge in [0.1, 0.15) is 0 Å². The minimum atomic E-state index is -0.0632. The van der Waals surface area contributed by atoms with Gasteiger partial charge in [0, 0.05) is 19.9 Å². The highest BCUT2D eigenvalue weighted by molar-refractivity contribution is 5.77. The molecule has 0 radical (unpaired) electrons. The van der Waals surface area contributed by atoms with E-state index < -0.39 is 0 Å². The third kappa shape index (κ3) is 2.81. The summed E-state index contributed by atoms with van der Waals surface area (Å²) in [5, 5.41) is 3.98. The van der Waals surface area contributed by atoms with E-state index in [1.807, 2.05) is 23.1 Å². The second kappa shape index (κ2) is 6.14. The first kappa shape index (κ1) is 15.0. The Hall–Kier alpha value is -2.57. The van der Waals surface area contributed by atoms with E-state index in [9.17, 15) is 4.79 Å². The van der Waals surface area contributed by atoms with E-state index >= 15 is 0 Å². The third-order valence-corrected chi connectivity index (χ3v) is 4.48.